The van der Waals surface area contributed by atoms with Crippen LogP contribution in [0.1, 0.15) is 34.8 Å². The summed E-state index contributed by atoms with van der Waals surface area (Å²) in [4.78, 5) is 16.4. The van der Waals surface area contributed by atoms with Crippen LogP contribution in [-0.2, 0) is 0 Å². The number of benzene rings is 1. The van der Waals surface area contributed by atoms with E-state index in [1.54, 1.807) is 12.4 Å². The number of nitrogens with zero attached hydrogens (tertiary/aromatic N) is 1. The van der Waals surface area contributed by atoms with Gasteiger partial charge in [-0.25, -0.2) is 0 Å². The Labute approximate surface area is 125 Å². The highest BCUT2D eigenvalue weighted by atomic mass is 16.1. The van der Waals surface area contributed by atoms with Crippen LogP contribution in [-0.4, -0.2) is 17.4 Å². The monoisotopic (exact) mass is 283 g/mol. The zero-order chi connectivity index (χ0) is 15.2. The first-order chi connectivity index (χ1) is 10.1. The third kappa shape index (κ3) is 4.05. The number of rotatable bonds is 5. The van der Waals surface area contributed by atoms with E-state index in [0.29, 0.717) is 11.3 Å². The summed E-state index contributed by atoms with van der Waals surface area (Å²) >= 11 is 0. The van der Waals surface area contributed by atoms with E-state index in [2.05, 4.69) is 22.5 Å². The second-order valence-electron chi connectivity index (χ2n) is 5.16. The molecule has 0 atom stereocenters. The van der Waals surface area contributed by atoms with Crippen molar-refractivity contribution in [3.8, 4) is 0 Å². The average Bonchev–Trinajstić information content (AvgIpc) is 2.45. The number of carbonyl (C=O) groups is 1. The van der Waals surface area contributed by atoms with Crippen molar-refractivity contribution >= 4 is 17.3 Å². The Kier molecular flexibility index (Phi) is 4.93. The molecule has 0 bridgehead atoms. The lowest BCUT2D eigenvalue weighted by Crippen LogP contribution is -2.14. The maximum absolute atomic E-state index is 12.3. The van der Waals surface area contributed by atoms with Gasteiger partial charge >= 0.3 is 0 Å². The van der Waals surface area contributed by atoms with Gasteiger partial charge in [-0.15, -0.1) is 0 Å². The van der Waals surface area contributed by atoms with Crippen molar-refractivity contribution in [3.05, 3.63) is 53.3 Å². The van der Waals surface area contributed by atoms with Gasteiger partial charge in [-0.3, -0.25) is 9.78 Å². The molecule has 1 aromatic heterocycles. The summed E-state index contributed by atoms with van der Waals surface area (Å²) in [5, 5.41) is 6.20. The molecule has 2 rings (SSSR count). The molecule has 0 radical (unpaired) electrons. The highest BCUT2D eigenvalue weighted by Crippen LogP contribution is 2.17. The van der Waals surface area contributed by atoms with Crippen LogP contribution in [0.4, 0.5) is 11.4 Å². The fourth-order valence-corrected chi connectivity index (χ4v) is 2.12. The summed E-state index contributed by atoms with van der Waals surface area (Å²) in [6.07, 6.45) is 4.48. The minimum Gasteiger partial charge on any atom is -0.385 e. The Morgan fingerprint density at radius 2 is 1.95 bits per heavy atom. The van der Waals surface area contributed by atoms with E-state index in [9.17, 15) is 4.79 Å². The highest BCUT2D eigenvalue weighted by Gasteiger charge is 2.10. The number of carbonyl (C=O) groups excluding carboxylic acids is 1. The first kappa shape index (κ1) is 15.0. The second-order valence-corrected chi connectivity index (χ2v) is 5.16. The smallest absolute Gasteiger partial charge is 0.255 e. The Balaban J connectivity index is 2.12. The summed E-state index contributed by atoms with van der Waals surface area (Å²) in [5.41, 5.74) is 4.41. The van der Waals surface area contributed by atoms with E-state index in [1.807, 2.05) is 38.1 Å². The molecule has 4 heteroatoms. The molecule has 0 aliphatic carbocycles. The van der Waals surface area contributed by atoms with Gasteiger partial charge < -0.3 is 10.6 Å². The first-order valence-electron chi connectivity index (χ1n) is 7.17. The van der Waals surface area contributed by atoms with Gasteiger partial charge in [0.15, 0.2) is 0 Å². The van der Waals surface area contributed by atoms with Gasteiger partial charge in [-0.2, -0.15) is 0 Å². The normalized spacial score (nSPS) is 10.2. The minimum absolute atomic E-state index is 0.109. The number of nitrogens with one attached hydrogen (secondary N) is 2. The molecule has 1 aromatic carbocycles. The third-order valence-electron chi connectivity index (χ3n) is 3.18. The molecule has 0 aliphatic rings. The van der Waals surface area contributed by atoms with Gasteiger partial charge in [0.1, 0.15) is 0 Å². The van der Waals surface area contributed by atoms with Crippen molar-refractivity contribution in [1.82, 2.24) is 4.98 Å². The van der Waals surface area contributed by atoms with Crippen molar-refractivity contribution in [1.29, 1.82) is 0 Å². The fourth-order valence-electron chi connectivity index (χ4n) is 2.12. The number of aryl methyl sites for hydroxylation is 2. The average molecular weight is 283 g/mol. The lowest BCUT2D eigenvalue weighted by atomic mass is 10.1. The van der Waals surface area contributed by atoms with Crippen molar-refractivity contribution < 1.29 is 4.79 Å². The lowest BCUT2D eigenvalue weighted by Gasteiger charge is -2.10. The van der Waals surface area contributed by atoms with Crippen molar-refractivity contribution in [2.75, 3.05) is 17.2 Å². The summed E-state index contributed by atoms with van der Waals surface area (Å²) < 4.78 is 0. The molecule has 1 amide bonds. The molecule has 1 heterocycles. The molecule has 0 saturated carbocycles. The van der Waals surface area contributed by atoms with Crippen LogP contribution < -0.4 is 10.6 Å². The number of aromatic nitrogens is 1. The molecule has 4 nitrogen and oxygen atoms in total. The molecule has 2 N–H and O–H groups in total. The minimum atomic E-state index is -0.109. The van der Waals surface area contributed by atoms with E-state index >= 15 is 0 Å². The van der Waals surface area contributed by atoms with Gasteiger partial charge in [-0.1, -0.05) is 6.92 Å². The summed E-state index contributed by atoms with van der Waals surface area (Å²) in [6.45, 7) is 6.94. The van der Waals surface area contributed by atoms with E-state index in [1.165, 1.54) is 0 Å². The molecule has 0 fully saturated rings. The van der Waals surface area contributed by atoms with Crippen LogP contribution in [0.3, 0.4) is 0 Å². The van der Waals surface area contributed by atoms with Gasteiger partial charge in [0.25, 0.3) is 5.91 Å². The zero-order valence-corrected chi connectivity index (χ0v) is 12.7. The number of amides is 1. The number of pyridine rings is 1. The second kappa shape index (κ2) is 6.88. The predicted molar refractivity (Wildman–Crippen MR) is 86.9 cm³/mol. The van der Waals surface area contributed by atoms with Crippen molar-refractivity contribution in [3.63, 3.8) is 0 Å². The van der Waals surface area contributed by atoms with Crippen molar-refractivity contribution in [2.24, 2.45) is 0 Å². The molecule has 0 unspecified atom stereocenters. The molecule has 2 aromatic rings. The van der Waals surface area contributed by atoms with Gasteiger partial charge in [0.2, 0.25) is 0 Å². The number of hydrogen-bond acceptors (Lipinski definition) is 3. The molecular formula is C17H21N3O. The van der Waals surface area contributed by atoms with Gasteiger partial charge in [0.05, 0.1) is 11.9 Å². The SMILES string of the molecule is CCCNc1ccc(C(=O)Nc2cncc(C)c2)c(C)c1. The quantitative estimate of drug-likeness (QED) is 0.878. The maximum Gasteiger partial charge on any atom is 0.255 e. The lowest BCUT2D eigenvalue weighted by molar-refractivity contribution is 0.102. The summed E-state index contributed by atoms with van der Waals surface area (Å²) in [7, 11) is 0. The number of hydrogen-bond donors (Lipinski definition) is 2. The maximum atomic E-state index is 12.3. The molecule has 0 aliphatic heterocycles. The van der Waals surface area contributed by atoms with Crippen LogP contribution in [0.2, 0.25) is 0 Å². The Bertz CT molecular complexity index is 638. The van der Waals surface area contributed by atoms with Crippen LogP contribution in [0.25, 0.3) is 0 Å². The predicted octanol–water partition coefficient (Wildman–Crippen LogP) is 3.77. The number of anilines is 2. The zero-order valence-electron chi connectivity index (χ0n) is 12.7. The van der Waals surface area contributed by atoms with Crippen LogP contribution >= 0.6 is 0 Å². The Morgan fingerprint density at radius 1 is 1.14 bits per heavy atom. The van der Waals surface area contributed by atoms with Crippen LogP contribution in [0.5, 0.6) is 0 Å². The molecule has 21 heavy (non-hydrogen) atoms. The largest absolute Gasteiger partial charge is 0.385 e. The fraction of sp³-hybridized carbons (Fsp3) is 0.294. The topological polar surface area (TPSA) is 54.0 Å². The van der Waals surface area contributed by atoms with Crippen LogP contribution in [0.15, 0.2) is 36.7 Å². The Hall–Kier alpha value is -2.36. The first-order valence-corrected chi connectivity index (χ1v) is 7.17. The molecule has 110 valence electrons. The van der Waals surface area contributed by atoms with E-state index in [4.69, 9.17) is 0 Å². The van der Waals surface area contributed by atoms with E-state index in [0.717, 1.165) is 29.8 Å². The van der Waals surface area contributed by atoms with Gasteiger partial charge in [0, 0.05) is 24.0 Å². The molecule has 0 spiro atoms. The standard InChI is InChI=1S/C17H21N3O/c1-4-7-19-14-5-6-16(13(3)9-14)17(21)20-15-8-12(2)10-18-11-15/h5-6,8-11,19H,4,7H2,1-3H3,(H,20,21). The molecule has 0 saturated heterocycles. The Morgan fingerprint density at radius 3 is 2.62 bits per heavy atom. The van der Waals surface area contributed by atoms with Crippen molar-refractivity contribution in [2.45, 2.75) is 27.2 Å². The summed E-state index contributed by atoms with van der Waals surface area (Å²) in [6, 6.07) is 7.69. The highest BCUT2D eigenvalue weighted by molar-refractivity contribution is 6.05. The van der Waals surface area contributed by atoms with Gasteiger partial charge in [-0.05, 0) is 55.7 Å². The van der Waals surface area contributed by atoms with E-state index < -0.39 is 0 Å². The van der Waals surface area contributed by atoms with E-state index in [-0.39, 0.29) is 5.91 Å². The summed E-state index contributed by atoms with van der Waals surface area (Å²) in [5.74, 6) is -0.109. The van der Waals surface area contributed by atoms with Crippen LogP contribution in [0, 0.1) is 13.8 Å². The third-order valence-corrected chi connectivity index (χ3v) is 3.18. The molecular weight excluding hydrogens is 262 g/mol.